The third kappa shape index (κ3) is 2.15. The maximum absolute atomic E-state index is 11.4. The van der Waals surface area contributed by atoms with E-state index in [1.165, 1.54) is 17.5 Å². The number of aryl methyl sites for hydroxylation is 2. The molecule has 108 valence electrons. The highest BCUT2D eigenvalue weighted by molar-refractivity contribution is 5.85. The summed E-state index contributed by atoms with van der Waals surface area (Å²) in [5, 5.41) is 4.63. The zero-order valence-corrected chi connectivity index (χ0v) is 12.2. The van der Waals surface area contributed by atoms with Gasteiger partial charge in [0, 0.05) is 11.8 Å². The van der Waals surface area contributed by atoms with Crippen molar-refractivity contribution in [2.75, 3.05) is 0 Å². The molecule has 0 saturated heterocycles. The van der Waals surface area contributed by atoms with Gasteiger partial charge in [-0.15, -0.1) is 0 Å². The lowest BCUT2D eigenvalue weighted by Crippen LogP contribution is -1.94. The van der Waals surface area contributed by atoms with Gasteiger partial charge in [0.25, 0.3) is 0 Å². The van der Waals surface area contributed by atoms with Gasteiger partial charge in [-0.25, -0.2) is 4.68 Å². The van der Waals surface area contributed by atoms with Crippen molar-refractivity contribution in [3.8, 4) is 16.9 Å². The minimum Gasteiger partial charge on any atom is -0.298 e. The molecule has 1 aliphatic rings. The van der Waals surface area contributed by atoms with E-state index in [4.69, 9.17) is 0 Å². The number of hydrogen-bond donors (Lipinski definition) is 0. The predicted octanol–water partition coefficient (Wildman–Crippen LogP) is 3.84. The number of carbonyl (C=O) groups is 1. The predicted molar refractivity (Wildman–Crippen MR) is 86.4 cm³/mol. The third-order valence-electron chi connectivity index (χ3n) is 4.26. The highest BCUT2D eigenvalue weighted by Crippen LogP contribution is 2.29. The van der Waals surface area contributed by atoms with E-state index in [1.807, 2.05) is 30.3 Å². The Morgan fingerprint density at radius 2 is 1.82 bits per heavy atom. The Kier molecular flexibility index (Phi) is 3.11. The largest absolute Gasteiger partial charge is 0.298 e. The van der Waals surface area contributed by atoms with Crippen LogP contribution in [0.2, 0.25) is 0 Å². The van der Waals surface area contributed by atoms with E-state index in [0.29, 0.717) is 5.56 Å². The zero-order chi connectivity index (χ0) is 14.9. The van der Waals surface area contributed by atoms with E-state index in [1.54, 1.807) is 10.9 Å². The molecule has 0 unspecified atom stereocenters. The number of nitrogens with zero attached hydrogens (tertiary/aromatic N) is 2. The van der Waals surface area contributed by atoms with Crippen LogP contribution in [0.5, 0.6) is 0 Å². The van der Waals surface area contributed by atoms with Crippen molar-refractivity contribution < 1.29 is 4.79 Å². The lowest BCUT2D eigenvalue weighted by Gasteiger charge is -2.03. The molecule has 0 N–H and O–H groups in total. The van der Waals surface area contributed by atoms with Crippen LogP contribution >= 0.6 is 0 Å². The van der Waals surface area contributed by atoms with Crippen molar-refractivity contribution in [1.29, 1.82) is 0 Å². The number of hydrogen-bond acceptors (Lipinski definition) is 2. The van der Waals surface area contributed by atoms with Crippen LogP contribution in [0.25, 0.3) is 16.9 Å². The first kappa shape index (κ1) is 13.0. The molecule has 22 heavy (non-hydrogen) atoms. The van der Waals surface area contributed by atoms with E-state index in [9.17, 15) is 4.79 Å². The minimum absolute atomic E-state index is 0.627. The van der Waals surface area contributed by atoms with Gasteiger partial charge in [0.05, 0.1) is 11.3 Å². The molecule has 0 bridgehead atoms. The molecule has 0 radical (unpaired) electrons. The molecule has 1 aliphatic carbocycles. The number of fused-ring (bicyclic) bond motifs is 1. The molecule has 3 aromatic rings. The Labute approximate surface area is 129 Å². The Hall–Kier alpha value is -2.68. The summed E-state index contributed by atoms with van der Waals surface area (Å²) in [6, 6.07) is 16.3. The number of benzene rings is 2. The van der Waals surface area contributed by atoms with Crippen LogP contribution in [0.4, 0.5) is 0 Å². The average molecular weight is 288 g/mol. The molecular formula is C19H16N2O. The van der Waals surface area contributed by atoms with Crippen LogP contribution in [-0.4, -0.2) is 16.1 Å². The average Bonchev–Trinajstić information content (AvgIpc) is 3.21. The van der Waals surface area contributed by atoms with Gasteiger partial charge in [0.1, 0.15) is 5.69 Å². The summed E-state index contributed by atoms with van der Waals surface area (Å²) >= 11 is 0. The van der Waals surface area contributed by atoms with Crippen molar-refractivity contribution in [1.82, 2.24) is 9.78 Å². The number of para-hydroxylation sites is 1. The number of carbonyl (C=O) groups excluding carboxylic acids is 1. The molecule has 0 fully saturated rings. The first-order valence-electron chi connectivity index (χ1n) is 7.57. The number of rotatable bonds is 3. The summed E-state index contributed by atoms with van der Waals surface area (Å²) in [7, 11) is 0. The van der Waals surface area contributed by atoms with Gasteiger partial charge in [-0.1, -0.05) is 30.3 Å². The lowest BCUT2D eigenvalue weighted by molar-refractivity contribution is 0.112. The molecule has 2 aromatic carbocycles. The molecular weight excluding hydrogens is 272 g/mol. The standard InChI is InChI=1S/C19H16N2O/c22-13-17-12-21(18-7-2-1-3-8-18)20-19(17)16-10-9-14-5-4-6-15(14)11-16/h1-3,7-13H,4-6H2. The molecule has 0 saturated carbocycles. The number of aldehydes is 1. The Balaban J connectivity index is 1.81. The summed E-state index contributed by atoms with van der Waals surface area (Å²) in [6.07, 6.45) is 6.19. The second kappa shape index (κ2) is 5.26. The highest BCUT2D eigenvalue weighted by atomic mass is 16.1. The molecule has 0 spiro atoms. The van der Waals surface area contributed by atoms with Crippen molar-refractivity contribution in [3.63, 3.8) is 0 Å². The quantitative estimate of drug-likeness (QED) is 0.686. The van der Waals surface area contributed by atoms with Gasteiger partial charge in [-0.3, -0.25) is 4.79 Å². The minimum atomic E-state index is 0.627. The summed E-state index contributed by atoms with van der Waals surface area (Å²) < 4.78 is 1.77. The summed E-state index contributed by atoms with van der Waals surface area (Å²) in [6.45, 7) is 0. The van der Waals surface area contributed by atoms with Crippen LogP contribution in [0.3, 0.4) is 0 Å². The normalized spacial score (nSPS) is 13.1. The Morgan fingerprint density at radius 3 is 2.64 bits per heavy atom. The summed E-state index contributed by atoms with van der Waals surface area (Å²) in [4.78, 5) is 11.4. The smallest absolute Gasteiger partial charge is 0.153 e. The van der Waals surface area contributed by atoms with E-state index < -0.39 is 0 Å². The topological polar surface area (TPSA) is 34.9 Å². The van der Waals surface area contributed by atoms with Crippen LogP contribution in [0.1, 0.15) is 27.9 Å². The maximum atomic E-state index is 11.4. The van der Waals surface area contributed by atoms with Crippen LogP contribution in [0, 0.1) is 0 Å². The van der Waals surface area contributed by atoms with Crippen molar-refractivity contribution in [2.24, 2.45) is 0 Å². The van der Waals surface area contributed by atoms with Crippen molar-refractivity contribution >= 4 is 6.29 Å². The van der Waals surface area contributed by atoms with E-state index in [2.05, 4.69) is 23.3 Å². The van der Waals surface area contributed by atoms with Gasteiger partial charge in [0.15, 0.2) is 6.29 Å². The first-order valence-corrected chi connectivity index (χ1v) is 7.57. The second-order valence-corrected chi connectivity index (χ2v) is 5.67. The molecule has 0 amide bonds. The second-order valence-electron chi connectivity index (χ2n) is 5.67. The lowest BCUT2D eigenvalue weighted by atomic mass is 10.0. The fourth-order valence-electron chi connectivity index (χ4n) is 3.13. The van der Waals surface area contributed by atoms with E-state index in [0.717, 1.165) is 36.1 Å². The molecule has 1 aromatic heterocycles. The first-order chi connectivity index (χ1) is 10.8. The van der Waals surface area contributed by atoms with Crippen LogP contribution in [0.15, 0.2) is 54.7 Å². The Morgan fingerprint density at radius 1 is 1.00 bits per heavy atom. The van der Waals surface area contributed by atoms with Crippen LogP contribution < -0.4 is 0 Å². The Bertz CT molecular complexity index is 834. The number of aromatic nitrogens is 2. The van der Waals surface area contributed by atoms with Gasteiger partial charge < -0.3 is 0 Å². The van der Waals surface area contributed by atoms with Gasteiger partial charge >= 0.3 is 0 Å². The molecule has 4 rings (SSSR count). The summed E-state index contributed by atoms with van der Waals surface area (Å²) in [5.74, 6) is 0. The zero-order valence-electron chi connectivity index (χ0n) is 12.2. The third-order valence-corrected chi connectivity index (χ3v) is 4.26. The fraction of sp³-hybridized carbons (Fsp3) is 0.158. The van der Waals surface area contributed by atoms with Gasteiger partial charge in [0.2, 0.25) is 0 Å². The molecule has 1 heterocycles. The van der Waals surface area contributed by atoms with Crippen molar-refractivity contribution in [3.05, 3.63) is 71.4 Å². The molecule has 3 nitrogen and oxygen atoms in total. The van der Waals surface area contributed by atoms with E-state index in [-0.39, 0.29) is 0 Å². The maximum Gasteiger partial charge on any atom is 0.153 e. The molecule has 0 atom stereocenters. The SMILES string of the molecule is O=Cc1cn(-c2ccccc2)nc1-c1ccc2c(c1)CCC2. The fourth-order valence-corrected chi connectivity index (χ4v) is 3.13. The highest BCUT2D eigenvalue weighted by Gasteiger charge is 2.15. The monoisotopic (exact) mass is 288 g/mol. The van der Waals surface area contributed by atoms with Crippen molar-refractivity contribution in [2.45, 2.75) is 19.3 Å². The van der Waals surface area contributed by atoms with Gasteiger partial charge in [-0.2, -0.15) is 5.10 Å². The van der Waals surface area contributed by atoms with Gasteiger partial charge in [-0.05, 0) is 48.6 Å². The molecule has 0 aliphatic heterocycles. The van der Waals surface area contributed by atoms with Crippen LogP contribution in [-0.2, 0) is 12.8 Å². The van der Waals surface area contributed by atoms with E-state index >= 15 is 0 Å². The summed E-state index contributed by atoms with van der Waals surface area (Å²) in [5.41, 5.74) is 6.19. The molecule has 3 heteroatoms.